The molecule has 1 saturated heterocycles. The van der Waals surface area contributed by atoms with E-state index in [2.05, 4.69) is 22.8 Å². The highest BCUT2D eigenvalue weighted by molar-refractivity contribution is 6.09. The predicted molar refractivity (Wildman–Crippen MR) is 128 cm³/mol. The number of ether oxygens (including phenoxy) is 2. The molecule has 1 heterocycles. The maximum Gasteiger partial charge on any atom is 0.255 e. The summed E-state index contributed by atoms with van der Waals surface area (Å²) in [6.07, 6.45) is 2.80. The second-order valence-electron chi connectivity index (χ2n) is 7.96. The van der Waals surface area contributed by atoms with Gasteiger partial charge in [-0.25, -0.2) is 0 Å². The SMILES string of the molecule is O=C(Nc1ccccc1C(=O)NCC1CCCO1)c1cccc(OCCc2ccccc2)c1. The lowest BCUT2D eigenvalue weighted by Crippen LogP contribution is -2.32. The summed E-state index contributed by atoms with van der Waals surface area (Å²) >= 11 is 0. The molecule has 0 saturated carbocycles. The largest absolute Gasteiger partial charge is 0.493 e. The fourth-order valence-corrected chi connectivity index (χ4v) is 3.75. The molecule has 4 rings (SSSR count). The van der Waals surface area contributed by atoms with Gasteiger partial charge in [0.05, 0.1) is 24.0 Å². The smallest absolute Gasteiger partial charge is 0.255 e. The van der Waals surface area contributed by atoms with Crippen LogP contribution < -0.4 is 15.4 Å². The summed E-state index contributed by atoms with van der Waals surface area (Å²) in [6, 6.07) is 24.1. The molecule has 0 aromatic heterocycles. The fraction of sp³-hybridized carbons (Fsp3) is 0.259. The van der Waals surface area contributed by atoms with Gasteiger partial charge in [0.25, 0.3) is 11.8 Å². The van der Waals surface area contributed by atoms with Gasteiger partial charge in [0, 0.05) is 25.1 Å². The molecule has 2 N–H and O–H groups in total. The highest BCUT2D eigenvalue weighted by atomic mass is 16.5. The normalized spacial score (nSPS) is 15.1. The molecule has 6 heteroatoms. The van der Waals surface area contributed by atoms with Gasteiger partial charge in [0.1, 0.15) is 5.75 Å². The molecule has 2 amide bonds. The Morgan fingerprint density at radius 1 is 0.939 bits per heavy atom. The molecule has 3 aromatic carbocycles. The van der Waals surface area contributed by atoms with Gasteiger partial charge in [-0.1, -0.05) is 48.5 Å². The van der Waals surface area contributed by atoms with Crippen molar-refractivity contribution < 1.29 is 19.1 Å². The third-order valence-corrected chi connectivity index (χ3v) is 5.53. The van der Waals surface area contributed by atoms with Crippen LogP contribution in [-0.4, -0.2) is 37.7 Å². The van der Waals surface area contributed by atoms with Crippen molar-refractivity contribution in [1.82, 2.24) is 5.32 Å². The van der Waals surface area contributed by atoms with Gasteiger partial charge in [-0.3, -0.25) is 9.59 Å². The highest BCUT2D eigenvalue weighted by Gasteiger charge is 2.19. The van der Waals surface area contributed by atoms with E-state index in [0.29, 0.717) is 35.7 Å². The van der Waals surface area contributed by atoms with E-state index < -0.39 is 0 Å². The van der Waals surface area contributed by atoms with Crippen LogP contribution in [-0.2, 0) is 11.2 Å². The van der Waals surface area contributed by atoms with Crippen molar-refractivity contribution in [2.45, 2.75) is 25.4 Å². The lowest BCUT2D eigenvalue weighted by Gasteiger charge is -2.14. The number of carbonyl (C=O) groups is 2. The van der Waals surface area contributed by atoms with Crippen LogP contribution in [0.1, 0.15) is 39.1 Å². The lowest BCUT2D eigenvalue weighted by atomic mass is 10.1. The van der Waals surface area contributed by atoms with Crippen LogP contribution in [0.25, 0.3) is 0 Å². The first-order valence-electron chi connectivity index (χ1n) is 11.3. The summed E-state index contributed by atoms with van der Waals surface area (Å²) < 4.78 is 11.4. The standard InChI is InChI=1S/C27H28N2O4/c30-26(21-10-6-11-22(18-21)33-17-15-20-8-2-1-3-9-20)29-25-14-5-4-13-24(25)27(31)28-19-23-12-7-16-32-23/h1-6,8-11,13-14,18,23H,7,12,15-17,19H2,(H,28,31)(H,29,30). The summed E-state index contributed by atoms with van der Waals surface area (Å²) in [5, 5.41) is 5.76. The van der Waals surface area contributed by atoms with Crippen LogP contribution in [0.3, 0.4) is 0 Å². The predicted octanol–water partition coefficient (Wildman–Crippen LogP) is 4.47. The van der Waals surface area contributed by atoms with Gasteiger partial charge in [-0.15, -0.1) is 0 Å². The third kappa shape index (κ3) is 6.43. The van der Waals surface area contributed by atoms with Gasteiger partial charge in [0.15, 0.2) is 0 Å². The maximum atomic E-state index is 12.9. The molecule has 1 fully saturated rings. The van der Waals surface area contributed by atoms with E-state index in [1.165, 1.54) is 5.56 Å². The number of hydrogen-bond acceptors (Lipinski definition) is 4. The van der Waals surface area contributed by atoms with Gasteiger partial charge in [-0.2, -0.15) is 0 Å². The van der Waals surface area contributed by atoms with Crippen molar-refractivity contribution >= 4 is 17.5 Å². The minimum absolute atomic E-state index is 0.0559. The topological polar surface area (TPSA) is 76.7 Å². The van der Waals surface area contributed by atoms with Crippen LogP contribution in [0.4, 0.5) is 5.69 Å². The Bertz CT molecular complexity index is 1080. The van der Waals surface area contributed by atoms with E-state index in [1.54, 1.807) is 42.5 Å². The van der Waals surface area contributed by atoms with E-state index >= 15 is 0 Å². The average Bonchev–Trinajstić information content (AvgIpc) is 3.37. The van der Waals surface area contributed by atoms with Crippen LogP contribution >= 0.6 is 0 Å². The summed E-state index contributed by atoms with van der Waals surface area (Å²) in [6.45, 7) is 1.72. The molecule has 170 valence electrons. The Morgan fingerprint density at radius 2 is 1.76 bits per heavy atom. The first kappa shape index (κ1) is 22.6. The van der Waals surface area contributed by atoms with Crippen LogP contribution in [0.5, 0.6) is 5.75 Å². The lowest BCUT2D eigenvalue weighted by molar-refractivity contribution is 0.0858. The van der Waals surface area contributed by atoms with E-state index in [9.17, 15) is 9.59 Å². The number of amides is 2. The van der Waals surface area contributed by atoms with Crippen molar-refractivity contribution in [3.8, 4) is 5.75 Å². The van der Waals surface area contributed by atoms with Crippen molar-refractivity contribution in [2.24, 2.45) is 0 Å². The number of carbonyl (C=O) groups excluding carboxylic acids is 2. The Kier molecular flexibility index (Phi) is 7.72. The first-order chi connectivity index (χ1) is 16.2. The average molecular weight is 445 g/mol. The molecule has 1 unspecified atom stereocenters. The van der Waals surface area contributed by atoms with Crippen LogP contribution in [0.15, 0.2) is 78.9 Å². The van der Waals surface area contributed by atoms with Gasteiger partial charge in [0.2, 0.25) is 0 Å². The number of anilines is 1. The molecule has 1 atom stereocenters. The summed E-state index contributed by atoms with van der Waals surface area (Å²) in [5.41, 5.74) is 2.53. The van der Waals surface area contributed by atoms with Crippen LogP contribution in [0.2, 0.25) is 0 Å². The second kappa shape index (κ2) is 11.3. The minimum Gasteiger partial charge on any atom is -0.493 e. The Hall–Kier alpha value is -3.64. The molecule has 0 bridgehead atoms. The van der Waals surface area contributed by atoms with Crippen molar-refractivity contribution in [3.05, 3.63) is 95.6 Å². The summed E-state index contributed by atoms with van der Waals surface area (Å²) in [4.78, 5) is 25.6. The molecule has 3 aromatic rings. The quantitative estimate of drug-likeness (QED) is 0.511. The molecule has 0 aliphatic carbocycles. The van der Waals surface area contributed by atoms with E-state index in [-0.39, 0.29) is 17.9 Å². The molecule has 33 heavy (non-hydrogen) atoms. The minimum atomic E-state index is -0.303. The molecule has 0 radical (unpaired) electrons. The zero-order valence-electron chi connectivity index (χ0n) is 18.5. The second-order valence-corrected chi connectivity index (χ2v) is 7.96. The molecular formula is C27H28N2O4. The Balaban J connectivity index is 1.36. The van der Waals surface area contributed by atoms with Crippen molar-refractivity contribution in [2.75, 3.05) is 25.1 Å². The number of para-hydroxylation sites is 1. The third-order valence-electron chi connectivity index (χ3n) is 5.53. The summed E-state index contributed by atoms with van der Waals surface area (Å²) in [5.74, 6) is 0.0865. The zero-order chi connectivity index (χ0) is 22.9. The number of hydrogen-bond donors (Lipinski definition) is 2. The number of nitrogens with one attached hydrogen (secondary N) is 2. The fourth-order valence-electron chi connectivity index (χ4n) is 3.75. The highest BCUT2D eigenvalue weighted by Crippen LogP contribution is 2.19. The molecule has 0 spiro atoms. The number of benzene rings is 3. The zero-order valence-corrected chi connectivity index (χ0v) is 18.5. The molecule has 6 nitrogen and oxygen atoms in total. The summed E-state index contributed by atoms with van der Waals surface area (Å²) in [7, 11) is 0. The van der Waals surface area contributed by atoms with E-state index in [0.717, 1.165) is 25.9 Å². The number of rotatable bonds is 9. The molecule has 1 aliphatic heterocycles. The van der Waals surface area contributed by atoms with Gasteiger partial charge >= 0.3 is 0 Å². The molecule has 1 aliphatic rings. The first-order valence-corrected chi connectivity index (χ1v) is 11.3. The molecular weight excluding hydrogens is 416 g/mol. The maximum absolute atomic E-state index is 12.9. The Morgan fingerprint density at radius 3 is 2.58 bits per heavy atom. The Labute approximate surface area is 193 Å². The van der Waals surface area contributed by atoms with Crippen molar-refractivity contribution in [3.63, 3.8) is 0 Å². The van der Waals surface area contributed by atoms with Gasteiger partial charge in [-0.05, 0) is 48.7 Å². The van der Waals surface area contributed by atoms with Crippen molar-refractivity contribution in [1.29, 1.82) is 0 Å². The van der Waals surface area contributed by atoms with E-state index in [4.69, 9.17) is 9.47 Å². The monoisotopic (exact) mass is 444 g/mol. The van der Waals surface area contributed by atoms with E-state index in [1.807, 2.05) is 24.3 Å². The van der Waals surface area contributed by atoms with Crippen LogP contribution in [0, 0.1) is 0 Å². The van der Waals surface area contributed by atoms with Gasteiger partial charge < -0.3 is 20.1 Å².